The van der Waals surface area contributed by atoms with E-state index in [9.17, 15) is 4.79 Å². The lowest BCUT2D eigenvalue weighted by molar-refractivity contribution is -0.132. The van der Waals surface area contributed by atoms with Gasteiger partial charge < -0.3 is 9.80 Å². The largest absolute Gasteiger partial charge is 0.338 e. The Hall–Kier alpha value is -0.830. The Labute approximate surface area is 92.7 Å². The normalized spacial score (nSPS) is 18.8. The van der Waals surface area contributed by atoms with Crippen LogP contribution in [0.25, 0.3) is 0 Å². The fourth-order valence-electron chi connectivity index (χ4n) is 1.89. The molecule has 0 saturated carbocycles. The summed E-state index contributed by atoms with van der Waals surface area (Å²) in [6, 6.07) is 0.633. The summed E-state index contributed by atoms with van der Waals surface area (Å²) in [5, 5.41) is 0. The van der Waals surface area contributed by atoms with E-state index in [0.29, 0.717) is 12.0 Å². The molecule has 86 valence electrons. The Morgan fingerprint density at radius 2 is 2.27 bits per heavy atom. The maximum absolute atomic E-state index is 11.2. The van der Waals surface area contributed by atoms with Crippen LogP contribution in [-0.2, 0) is 4.79 Å². The van der Waals surface area contributed by atoms with E-state index >= 15 is 0 Å². The first kappa shape index (κ1) is 12.2. The van der Waals surface area contributed by atoms with Crippen LogP contribution in [-0.4, -0.2) is 48.4 Å². The van der Waals surface area contributed by atoms with Gasteiger partial charge in [0.25, 0.3) is 0 Å². The Balaban J connectivity index is 2.22. The van der Waals surface area contributed by atoms with Crippen molar-refractivity contribution in [1.82, 2.24) is 9.80 Å². The monoisotopic (exact) mass is 210 g/mol. The second-order valence-electron chi connectivity index (χ2n) is 4.51. The van der Waals surface area contributed by atoms with Crippen molar-refractivity contribution in [2.45, 2.75) is 26.3 Å². The highest BCUT2D eigenvalue weighted by Crippen LogP contribution is 2.17. The van der Waals surface area contributed by atoms with Gasteiger partial charge in [-0.05, 0) is 26.5 Å². The van der Waals surface area contributed by atoms with E-state index in [-0.39, 0.29) is 5.91 Å². The SMILES string of the molecule is C=CC(=O)N1CC(CN(C)C(C)CC)C1. The molecule has 0 aromatic carbocycles. The first-order valence-electron chi connectivity index (χ1n) is 5.70. The van der Waals surface area contributed by atoms with Crippen molar-refractivity contribution in [3.8, 4) is 0 Å². The van der Waals surface area contributed by atoms with E-state index in [2.05, 4.69) is 32.4 Å². The molecule has 15 heavy (non-hydrogen) atoms. The lowest BCUT2D eigenvalue weighted by Crippen LogP contribution is -2.53. The zero-order valence-electron chi connectivity index (χ0n) is 10.1. The lowest BCUT2D eigenvalue weighted by Gasteiger charge is -2.41. The number of carbonyl (C=O) groups is 1. The van der Waals surface area contributed by atoms with E-state index in [1.165, 1.54) is 12.5 Å². The molecule has 0 aromatic heterocycles. The number of carbonyl (C=O) groups excluding carboxylic acids is 1. The van der Waals surface area contributed by atoms with Gasteiger partial charge >= 0.3 is 0 Å². The van der Waals surface area contributed by atoms with Crippen LogP contribution in [0.2, 0.25) is 0 Å². The average molecular weight is 210 g/mol. The molecule has 1 aliphatic rings. The van der Waals surface area contributed by atoms with Crippen LogP contribution in [0, 0.1) is 5.92 Å². The summed E-state index contributed by atoms with van der Waals surface area (Å²) in [5.41, 5.74) is 0. The van der Waals surface area contributed by atoms with Gasteiger partial charge in [0.15, 0.2) is 0 Å². The molecule has 0 spiro atoms. The minimum Gasteiger partial charge on any atom is -0.338 e. The van der Waals surface area contributed by atoms with Crippen molar-refractivity contribution in [2.24, 2.45) is 5.92 Å². The molecule has 0 bridgehead atoms. The smallest absolute Gasteiger partial charge is 0.245 e. The van der Waals surface area contributed by atoms with Gasteiger partial charge in [0.1, 0.15) is 0 Å². The molecule has 1 saturated heterocycles. The second-order valence-corrected chi connectivity index (χ2v) is 4.51. The number of nitrogens with zero attached hydrogens (tertiary/aromatic N) is 2. The summed E-state index contributed by atoms with van der Waals surface area (Å²) in [4.78, 5) is 15.4. The van der Waals surface area contributed by atoms with Crippen molar-refractivity contribution < 1.29 is 4.79 Å². The van der Waals surface area contributed by atoms with Gasteiger partial charge in [-0.15, -0.1) is 0 Å². The summed E-state index contributed by atoms with van der Waals surface area (Å²) < 4.78 is 0. The summed E-state index contributed by atoms with van der Waals surface area (Å²) >= 11 is 0. The van der Waals surface area contributed by atoms with Crippen molar-refractivity contribution in [3.63, 3.8) is 0 Å². The van der Waals surface area contributed by atoms with Crippen LogP contribution >= 0.6 is 0 Å². The van der Waals surface area contributed by atoms with Crippen molar-refractivity contribution in [2.75, 3.05) is 26.7 Å². The Kier molecular flexibility index (Phi) is 4.33. The predicted molar refractivity (Wildman–Crippen MR) is 62.7 cm³/mol. The first-order chi connectivity index (χ1) is 7.08. The van der Waals surface area contributed by atoms with Crippen molar-refractivity contribution in [3.05, 3.63) is 12.7 Å². The first-order valence-corrected chi connectivity index (χ1v) is 5.70. The lowest BCUT2D eigenvalue weighted by atomic mass is 9.98. The molecule has 3 nitrogen and oxygen atoms in total. The Morgan fingerprint density at radius 1 is 1.67 bits per heavy atom. The zero-order valence-corrected chi connectivity index (χ0v) is 10.1. The van der Waals surface area contributed by atoms with E-state index in [4.69, 9.17) is 0 Å². The fraction of sp³-hybridized carbons (Fsp3) is 0.750. The minimum atomic E-state index is 0.0671. The molecule has 1 unspecified atom stereocenters. The number of hydrogen-bond acceptors (Lipinski definition) is 2. The summed E-state index contributed by atoms with van der Waals surface area (Å²) in [6.45, 7) is 10.8. The molecule has 0 N–H and O–H groups in total. The van der Waals surface area contributed by atoms with Gasteiger partial charge in [0, 0.05) is 31.6 Å². The quantitative estimate of drug-likeness (QED) is 0.640. The maximum atomic E-state index is 11.2. The van der Waals surface area contributed by atoms with Crippen LogP contribution in [0.3, 0.4) is 0 Å². The second kappa shape index (κ2) is 5.31. The van der Waals surface area contributed by atoms with E-state index < -0.39 is 0 Å². The molecule has 0 aliphatic carbocycles. The molecular formula is C12H22N2O. The van der Waals surface area contributed by atoms with Crippen LogP contribution in [0.5, 0.6) is 0 Å². The van der Waals surface area contributed by atoms with Crippen LogP contribution in [0.4, 0.5) is 0 Å². The van der Waals surface area contributed by atoms with Crippen LogP contribution in [0.15, 0.2) is 12.7 Å². The van der Waals surface area contributed by atoms with E-state index in [1.54, 1.807) is 0 Å². The average Bonchev–Trinajstić information content (AvgIpc) is 2.20. The zero-order chi connectivity index (χ0) is 11.4. The summed E-state index contributed by atoms with van der Waals surface area (Å²) in [6.07, 6.45) is 2.58. The van der Waals surface area contributed by atoms with E-state index in [0.717, 1.165) is 19.6 Å². The highest BCUT2D eigenvalue weighted by atomic mass is 16.2. The van der Waals surface area contributed by atoms with Crippen molar-refractivity contribution in [1.29, 1.82) is 0 Å². The maximum Gasteiger partial charge on any atom is 0.245 e. The van der Waals surface area contributed by atoms with Gasteiger partial charge in [-0.3, -0.25) is 4.79 Å². The topological polar surface area (TPSA) is 23.6 Å². The Bertz CT molecular complexity index is 234. The molecule has 1 heterocycles. The third-order valence-electron chi connectivity index (χ3n) is 3.33. The molecule has 1 fully saturated rings. The number of hydrogen-bond donors (Lipinski definition) is 0. The highest BCUT2D eigenvalue weighted by molar-refractivity contribution is 5.87. The molecule has 3 heteroatoms. The Morgan fingerprint density at radius 3 is 2.73 bits per heavy atom. The molecular weight excluding hydrogens is 188 g/mol. The van der Waals surface area contributed by atoms with Crippen LogP contribution in [0.1, 0.15) is 20.3 Å². The predicted octanol–water partition coefficient (Wildman–Crippen LogP) is 1.36. The molecule has 1 aliphatic heterocycles. The van der Waals surface area contributed by atoms with Gasteiger partial charge in [-0.1, -0.05) is 13.5 Å². The van der Waals surface area contributed by atoms with E-state index in [1.807, 2.05) is 4.90 Å². The molecule has 1 amide bonds. The number of likely N-dealkylation sites (tertiary alicyclic amines) is 1. The molecule has 0 radical (unpaired) electrons. The standard InChI is InChI=1S/C12H22N2O/c1-5-10(3)13(4)7-11-8-14(9-11)12(15)6-2/h6,10-11H,2,5,7-9H2,1,3-4H3. The third-order valence-corrected chi connectivity index (χ3v) is 3.33. The summed E-state index contributed by atoms with van der Waals surface area (Å²) in [7, 11) is 2.16. The van der Waals surface area contributed by atoms with Crippen molar-refractivity contribution >= 4 is 5.91 Å². The fourth-order valence-corrected chi connectivity index (χ4v) is 1.89. The molecule has 0 aromatic rings. The third kappa shape index (κ3) is 3.06. The van der Waals surface area contributed by atoms with Crippen LogP contribution < -0.4 is 0 Å². The minimum absolute atomic E-state index is 0.0671. The number of rotatable bonds is 5. The summed E-state index contributed by atoms with van der Waals surface area (Å²) in [5.74, 6) is 0.713. The highest BCUT2D eigenvalue weighted by Gasteiger charge is 2.30. The van der Waals surface area contributed by atoms with Gasteiger partial charge in [-0.2, -0.15) is 0 Å². The van der Waals surface area contributed by atoms with Gasteiger partial charge in [-0.25, -0.2) is 0 Å². The van der Waals surface area contributed by atoms with Gasteiger partial charge in [0.2, 0.25) is 5.91 Å². The number of amides is 1. The van der Waals surface area contributed by atoms with Gasteiger partial charge in [0.05, 0.1) is 0 Å². The molecule has 1 rings (SSSR count). The molecule has 1 atom stereocenters.